The normalized spacial score (nSPS) is 11.4. The molecule has 10 aromatic carbocycles. The summed E-state index contributed by atoms with van der Waals surface area (Å²) in [6.45, 7) is 0. The van der Waals surface area contributed by atoms with Gasteiger partial charge in [-0.15, -0.1) is 0 Å². The van der Waals surface area contributed by atoms with Gasteiger partial charge in [-0.05, 0) is 84.6 Å². The molecule has 0 aliphatic heterocycles. The highest BCUT2D eigenvalue weighted by atomic mass is 16.3. The second-order valence-electron chi connectivity index (χ2n) is 16.3. The predicted octanol–water partition coefficient (Wildman–Crippen LogP) is 16.3. The van der Waals surface area contributed by atoms with E-state index in [0.717, 1.165) is 77.6 Å². The molecular formula is C61H39N3O. The average molecular weight is 830 g/mol. The Kier molecular flexibility index (Phi) is 9.46. The molecule has 0 atom stereocenters. The monoisotopic (exact) mass is 829 g/mol. The van der Waals surface area contributed by atoms with Crippen molar-refractivity contribution in [3.8, 4) is 89.8 Å². The largest absolute Gasteiger partial charge is 0.456 e. The third-order valence-corrected chi connectivity index (χ3v) is 12.4. The molecule has 4 heteroatoms. The number of aromatic nitrogens is 3. The third-order valence-electron chi connectivity index (χ3n) is 12.4. The third kappa shape index (κ3) is 7.04. The molecule has 0 radical (unpaired) electrons. The number of fused-ring (bicyclic) bond motifs is 4. The van der Waals surface area contributed by atoms with Gasteiger partial charge in [-0.1, -0.05) is 218 Å². The highest BCUT2D eigenvalue weighted by molar-refractivity contribution is 6.16. The highest BCUT2D eigenvalue weighted by Crippen LogP contribution is 2.42. The fraction of sp³-hybridized carbons (Fsp3) is 0. The molecule has 0 aliphatic carbocycles. The molecule has 0 spiro atoms. The van der Waals surface area contributed by atoms with E-state index in [0.29, 0.717) is 17.5 Å². The first-order valence-corrected chi connectivity index (χ1v) is 21.9. The molecule has 12 rings (SSSR count). The van der Waals surface area contributed by atoms with Crippen LogP contribution in [0.2, 0.25) is 0 Å². The lowest BCUT2D eigenvalue weighted by Gasteiger charge is -2.14. The molecule has 0 unspecified atom stereocenters. The Hall–Kier alpha value is -8.73. The van der Waals surface area contributed by atoms with Gasteiger partial charge in [0.25, 0.3) is 0 Å². The molecule has 0 bridgehead atoms. The number of hydrogen-bond acceptors (Lipinski definition) is 4. The van der Waals surface area contributed by atoms with E-state index in [1.54, 1.807) is 0 Å². The van der Waals surface area contributed by atoms with E-state index >= 15 is 0 Å². The minimum absolute atomic E-state index is 0.618. The molecule has 0 amide bonds. The standard InChI is InChI=1S/C61H39N3O/c1-3-15-40(16-4-1)46-19-13-20-47(39-46)60-62-59(63-61(64-60)54-24-10-7-21-48(54)43-17-5-2-6-18-43)45-35-31-42(32-36-45)41-29-33-44(34-30-41)49-37-38-52(51-23-9-8-22-50(49)51)53-26-14-28-57-58(53)55-25-11-12-27-56(55)65-57/h1-39H. The van der Waals surface area contributed by atoms with Crippen LogP contribution >= 0.6 is 0 Å². The molecule has 0 aliphatic rings. The van der Waals surface area contributed by atoms with Gasteiger partial charge in [-0.2, -0.15) is 0 Å². The molecule has 0 saturated heterocycles. The Morgan fingerprint density at radius 2 is 0.677 bits per heavy atom. The lowest BCUT2D eigenvalue weighted by molar-refractivity contribution is 0.669. The minimum atomic E-state index is 0.618. The fourth-order valence-electron chi connectivity index (χ4n) is 9.21. The number of furan rings is 1. The first-order chi connectivity index (χ1) is 32.2. The number of para-hydroxylation sites is 1. The Bertz CT molecular complexity index is 3690. The van der Waals surface area contributed by atoms with Gasteiger partial charge in [0.05, 0.1) is 0 Å². The average Bonchev–Trinajstić information content (AvgIpc) is 3.78. The maximum absolute atomic E-state index is 6.26. The van der Waals surface area contributed by atoms with Gasteiger partial charge in [0, 0.05) is 27.5 Å². The van der Waals surface area contributed by atoms with Crippen LogP contribution in [0.4, 0.5) is 0 Å². The SMILES string of the molecule is c1ccc(-c2cccc(-c3nc(-c4ccc(-c5ccc(-c6ccc(-c7cccc8oc9ccccc9c78)c7ccccc67)cc5)cc4)nc(-c4ccccc4-c4ccccc4)n3)c2)cc1. The molecule has 2 heterocycles. The molecule has 304 valence electrons. The topological polar surface area (TPSA) is 51.8 Å². The van der Waals surface area contributed by atoms with Gasteiger partial charge < -0.3 is 4.42 Å². The maximum atomic E-state index is 6.26. The molecule has 2 aromatic heterocycles. The van der Waals surface area contributed by atoms with Crippen molar-refractivity contribution < 1.29 is 4.42 Å². The van der Waals surface area contributed by atoms with Gasteiger partial charge in [-0.3, -0.25) is 0 Å². The number of benzene rings is 10. The molecule has 0 fully saturated rings. The van der Waals surface area contributed by atoms with Crippen molar-refractivity contribution >= 4 is 32.7 Å². The molecule has 0 saturated carbocycles. The smallest absolute Gasteiger partial charge is 0.164 e. The summed E-state index contributed by atoms with van der Waals surface area (Å²) in [5.74, 6) is 1.87. The van der Waals surface area contributed by atoms with Crippen molar-refractivity contribution in [3.63, 3.8) is 0 Å². The van der Waals surface area contributed by atoms with Crippen molar-refractivity contribution in [3.05, 3.63) is 237 Å². The molecule has 12 aromatic rings. The van der Waals surface area contributed by atoms with E-state index in [4.69, 9.17) is 19.4 Å². The van der Waals surface area contributed by atoms with Crippen LogP contribution in [0.3, 0.4) is 0 Å². The highest BCUT2D eigenvalue weighted by Gasteiger charge is 2.18. The molecular weight excluding hydrogens is 791 g/mol. The van der Waals surface area contributed by atoms with E-state index in [-0.39, 0.29) is 0 Å². The molecule has 65 heavy (non-hydrogen) atoms. The lowest BCUT2D eigenvalue weighted by Crippen LogP contribution is -2.01. The van der Waals surface area contributed by atoms with Gasteiger partial charge in [0.2, 0.25) is 0 Å². The van der Waals surface area contributed by atoms with E-state index < -0.39 is 0 Å². The zero-order valence-corrected chi connectivity index (χ0v) is 35.3. The predicted molar refractivity (Wildman–Crippen MR) is 268 cm³/mol. The second kappa shape index (κ2) is 16.2. The lowest BCUT2D eigenvalue weighted by atomic mass is 9.90. The summed E-state index contributed by atoms with van der Waals surface area (Å²) < 4.78 is 6.26. The van der Waals surface area contributed by atoms with Crippen molar-refractivity contribution in [1.82, 2.24) is 15.0 Å². The van der Waals surface area contributed by atoms with Crippen LogP contribution in [0, 0.1) is 0 Å². The van der Waals surface area contributed by atoms with E-state index in [2.05, 4.69) is 206 Å². The summed E-state index contributed by atoms with van der Waals surface area (Å²) in [4.78, 5) is 15.4. The summed E-state index contributed by atoms with van der Waals surface area (Å²) in [5.41, 5.74) is 16.0. The van der Waals surface area contributed by atoms with Crippen molar-refractivity contribution in [2.45, 2.75) is 0 Å². The fourth-order valence-corrected chi connectivity index (χ4v) is 9.21. The molecule has 4 nitrogen and oxygen atoms in total. The van der Waals surface area contributed by atoms with Crippen molar-refractivity contribution in [2.24, 2.45) is 0 Å². The Labute approximate surface area is 376 Å². The summed E-state index contributed by atoms with van der Waals surface area (Å²) >= 11 is 0. The van der Waals surface area contributed by atoms with Gasteiger partial charge in [-0.25, -0.2) is 15.0 Å². The van der Waals surface area contributed by atoms with Crippen LogP contribution in [-0.2, 0) is 0 Å². The summed E-state index contributed by atoms with van der Waals surface area (Å²) in [6, 6.07) is 82.9. The van der Waals surface area contributed by atoms with Crippen LogP contribution in [0.5, 0.6) is 0 Å². The first-order valence-electron chi connectivity index (χ1n) is 21.9. The number of nitrogens with zero attached hydrogens (tertiary/aromatic N) is 3. The zero-order chi connectivity index (χ0) is 43.1. The molecule has 0 N–H and O–H groups in total. The van der Waals surface area contributed by atoms with Gasteiger partial charge in [0.1, 0.15) is 11.2 Å². The van der Waals surface area contributed by atoms with Crippen LogP contribution < -0.4 is 0 Å². The van der Waals surface area contributed by atoms with Crippen molar-refractivity contribution in [1.29, 1.82) is 0 Å². The Morgan fingerprint density at radius 1 is 0.231 bits per heavy atom. The quantitative estimate of drug-likeness (QED) is 0.153. The van der Waals surface area contributed by atoms with Crippen LogP contribution in [0.1, 0.15) is 0 Å². The maximum Gasteiger partial charge on any atom is 0.164 e. The van der Waals surface area contributed by atoms with Crippen LogP contribution in [0.25, 0.3) is 123 Å². The van der Waals surface area contributed by atoms with E-state index in [1.807, 2.05) is 30.3 Å². The zero-order valence-electron chi connectivity index (χ0n) is 35.3. The van der Waals surface area contributed by atoms with E-state index in [1.165, 1.54) is 27.5 Å². The first kappa shape index (κ1) is 38.0. The Balaban J connectivity index is 0.893. The number of rotatable bonds is 8. The summed E-state index contributed by atoms with van der Waals surface area (Å²) in [5, 5.41) is 4.70. The summed E-state index contributed by atoms with van der Waals surface area (Å²) in [6.07, 6.45) is 0. The van der Waals surface area contributed by atoms with Crippen molar-refractivity contribution in [2.75, 3.05) is 0 Å². The van der Waals surface area contributed by atoms with Gasteiger partial charge >= 0.3 is 0 Å². The Morgan fingerprint density at radius 3 is 1.42 bits per heavy atom. The van der Waals surface area contributed by atoms with Gasteiger partial charge in [0.15, 0.2) is 17.5 Å². The van der Waals surface area contributed by atoms with E-state index in [9.17, 15) is 0 Å². The minimum Gasteiger partial charge on any atom is -0.456 e. The summed E-state index contributed by atoms with van der Waals surface area (Å²) in [7, 11) is 0. The second-order valence-corrected chi connectivity index (χ2v) is 16.3. The van der Waals surface area contributed by atoms with Crippen LogP contribution in [0.15, 0.2) is 241 Å². The van der Waals surface area contributed by atoms with Crippen LogP contribution in [-0.4, -0.2) is 15.0 Å². The number of hydrogen-bond donors (Lipinski definition) is 0.